The van der Waals surface area contributed by atoms with Crippen LogP contribution in [0.4, 0.5) is 4.79 Å². The SMILES string of the molecule is C#CCOc1ccc(C=C2SC(=O)N(CC(=O)OCC)C2=O)cc1Br. The molecule has 1 aromatic carbocycles. The van der Waals surface area contributed by atoms with E-state index >= 15 is 0 Å². The Morgan fingerprint density at radius 1 is 1.44 bits per heavy atom. The summed E-state index contributed by atoms with van der Waals surface area (Å²) in [5, 5.41) is -0.502. The molecule has 25 heavy (non-hydrogen) atoms. The highest BCUT2D eigenvalue weighted by Gasteiger charge is 2.36. The summed E-state index contributed by atoms with van der Waals surface area (Å²) in [6.45, 7) is 1.59. The van der Waals surface area contributed by atoms with Gasteiger partial charge in [-0.2, -0.15) is 0 Å². The van der Waals surface area contributed by atoms with Crippen molar-refractivity contribution in [1.29, 1.82) is 0 Å². The van der Waals surface area contributed by atoms with E-state index in [1.54, 1.807) is 31.2 Å². The Bertz CT molecular complexity index is 784. The highest BCUT2D eigenvalue weighted by molar-refractivity contribution is 9.10. The molecule has 8 heteroatoms. The number of terminal acetylenes is 1. The predicted octanol–water partition coefficient (Wildman–Crippen LogP) is 3.06. The van der Waals surface area contributed by atoms with Crippen LogP contribution in [0.3, 0.4) is 0 Å². The summed E-state index contributed by atoms with van der Waals surface area (Å²) in [6.07, 6.45) is 6.73. The zero-order valence-electron chi connectivity index (χ0n) is 13.3. The second-order valence-electron chi connectivity index (χ2n) is 4.76. The Morgan fingerprint density at radius 2 is 2.20 bits per heavy atom. The van der Waals surface area contributed by atoms with Crippen molar-refractivity contribution in [3.05, 3.63) is 33.1 Å². The number of carbonyl (C=O) groups is 3. The molecule has 0 N–H and O–H groups in total. The molecule has 2 rings (SSSR count). The van der Waals surface area contributed by atoms with E-state index in [1.807, 2.05) is 0 Å². The summed E-state index contributed by atoms with van der Waals surface area (Å²) in [7, 11) is 0. The number of imide groups is 1. The van der Waals surface area contributed by atoms with Gasteiger partial charge in [0.1, 0.15) is 18.9 Å². The smallest absolute Gasteiger partial charge is 0.326 e. The lowest BCUT2D eigenvalue weighted by Crippen LogP contribution is -2.34. The number of nitrogens with zero attached hydrogens (tertiary/aromatic N) is 1. The first-order chi connectivity index (χ1) is 12.0. The molecule has 6 nitrogen and oxygen atoms in total. The van der Waals surface area contributed by atoms with E-state index < -0.39 is 23.7 Å². The standard InChI is InChI=1S/C17H14BrNO5S/c1-3-7-24-13-6-5-11(8-12(13)18)9-14-16(21)19(17(22)25-14)10-15(20)23-4-2/h1,5-6,8-9H,4,7,10H2,2H3. The normalized spacial score (nSPS) is 15.4. The van der Waals surface area contributed by atoms with E-state index in [1.165, 1.54) is 0 Å². The van der Waals surface area contributed by atoms with Crippen molar-refractivity contribution in [2.45, 2.75) is 6.92 Å². The van der Waals surface area contributed by atoms with Gasteiger partial charge in [-0.15, -0.1) is 6.42 Å². The summed E-state index contributed by atoms with van der Waals surface area (Å²) >= 11 is 4.14. The molecule has 0 aromatic heterocycles. The summed E-state index contributed by atoms with van der Waals surface area (Å²) in [6, 6.07) is 5.18. The molecular weight excluding hydrogens is 410 g/mol. The van der Waals surface area contributed by atoms with Crippen LogP contribution in [0.1, 0.15) is 12.5 Å². The van der Waals surface area contributed by atoms with E-state index in [0.717, 1.165) is 16.7 Å². The first-order valence-electron chi connectivity index (χ1n) is 7.23. The molecule has 0 bridgehead atoms. The Hall–Kier alpha value is -2.24. The van der Waals surface area contributed by atoms with Gasteiger partial charge in [-0.1, -0.05) is 12.0 Å². The third-order valence-corrected chi connectivity index (χ3v) is 4.56. The van der Waals surface area contributed by atoms with E-state index in [-0.39, 0.29) is 18.1 Å². The monoisotopic (exact) mass is 423 g/mol. The van der Waals surface area contributed by atoms with Crippen molar-refractivity contribution in [3.63, 3.8) is 0 Å². The number of hydrogen-bond acceptors (Lipinski definition) is 6. The molecule has 1 aromatic rings. The van der Waals surface area contributed by atoms with Crippen LogP contribution in [-0.4, -0.2) is 41.8 Å². The lowest BCUT2D eigenvalue weighted by Gasteiger charge is -2.10. The van der Waals surface area contributed by atoms with E-state index in [0.29, 0.717) is 15.8 Å². The number of hydrogen-bond donors (Lipinski definition) is 0. The van der Waals surface area contributed by atoms with Gasteiger partial charge in [0.2, 0.25) is 0 Å². The third-order valence-electron chi connectivity index (χ3n) is 3.03. The largest absolute Gasteiger partial charge is 0.480 e. The number of benzene rings is 1. The number of ether oxygens (including phenoxy) is 2. The highest BCUT2D eigenvalue weighted by atomic mass is 79.9. The number of thioether (sulfide) groups is 1. The van der Waals surface area contributed by atoms with Gasteiger partial charge >= 0.3 is 5.97 Å². The van der Waals surface area contributed by atoms with Crippen molar-refractivity contribution >= 4 is 50.9 Å². The fraction of sp³-hybridized carbons (Fsp3) is 0.235. The molecule has 1 saturated heterocycles. The number of rotatable bonds is 6. The van der Waals surface area contributed by atoms with Gasteiger partial charge in [-0.25, -0.2) is 0 Å². The van der Waals surface area contributed by atoms with Crippen molar-refractivity contribution < 1.29 is 23.9 Å². The molecule has 0 unspecified atom stereocenters. The number of halogens is 1. The zero-order chi connectivity index (χ0) is 18.4. The first-order valence-corrected chi connectivity index (χ1v) is 8.84. The molecule has 1 fully saturated rings. The Labute approximate surface area is 157 Å². The molecule has 0 radical (unpaired) electrons. The molecule has 0 spiro atoms. The van der Waals surface area contributed by atoms with Gasteiger partial charge < -0.3 is 9.47 Å². The van der Waals surface area contributed by atoms with Crippen molar-refractivity contribution in [2.75, 3.05) is 19.8 Å². The second kappa shape index (κ2) is 8.74. The van der Waals surface area contributed by atoms with Crippen molar-refractivity contribution in [2.24, 2.45) is 0 Å². The van der Waals surface area contributed by atoms with Crippen LogP contribution in [0.2, 0.25) is 0 Å². The molecule has 0 atom stereocenters. The summed E-state index contributed by atoms with van der Waals surface area (Å²) in [4.78, 5) is 36.8. The number of esters is 1. The van der Waals surface area contributed by atoms with Gasteiger partial charge in [-0.05, 0) is 58.4 Å². The minimum atomic E-state index is -0.621. The third kappa shape index (κ3) is 4.87. The van der Waals surface area contributed by atoms with Crippen LogP contribution >= 0.6 is 27.7 Å². The first kappa shape index (κ1) is 19.1. The molecular formula is C17H14BrNO5S. The second-order valence-corrected chi connectivity index (χ2v) is 6.60. The predicted molar refractivity (Wildman–Crippen MR) is 97.8 cm³/mol. The summed E-state index contributed by atoms with van der Waals surface area (Å²) in [5.74, 6) is 1.80. The molecule has 0 saturated carbocycles. The van der Waals surface area contributed by atoms with Gasteiger partial charge in [0.05, 0.1) is 16.0 Å². The number of amides is 2. The summed E-state index contributed by atoms with van der Waals surface area (Å²) in [5.41, 5.74) is 0.696. The quantitative estimate of drug-likeness (QED) is 0.397. The lowest BCUT2D eigenvalue weighted by molar-refractivity contribution is -0.145. The maximum atomic E-state index is 12.3. The van der Waals surface area contributed by atoms with Crippen LogP contribution in [0.15, 0.2) is 27.6 Å². The topological polar surface area (TPSA) is 72.9 Å². The van der Waals surface area contributed by atoms with Crippen LogP contribution in [0.25, 0.3) is 6.08 Å². The van der Waals surface area contributed by atoms with Crippen molar-refractivity contribution in [3.8, 4) is 18.1 Å². The molecule has 130 valence electrons. The Morgan fingerprint density at radius 3 is 2.84 bits per heavy atom. The minimum Gasteiger partial charge on any atom is -0.480 e. The van der Waals surface area contributed by atoms with Crippen LogP contribution < -0.4 is 4.74 Å². The van der Waals surface area contributed by atoms with Gasteiger partial charge in [0.15, 0.2) is 0 Å². The van der Waals surface area contributed by atoms with E-state index in [2.05, 4.69) is 21.9 Å². The van der Waals surface area contributed by atoms with E-state index in [4.69, 9.17) is 15.9 Å². The number of carbonyl (C=O) groups excluding carboxylic acids is 3. The van der Waals surface area contributed by atoms with Crippen LogP contribution in [0, 0.1) is 12.3 Å². The molecule has 1 heterocycles. The van der Waals surface area contributed by atoms with E-state index in [9.17, 15) is 14.4 Å². The van der Waals surface area contributed by atoms with Crippen LogP contribution in [-0.2, 0) is 14.3 Å². The average Bonchev–Trinajstić information content (AvgIpc) is 2.82. The zero-order valence-corrected chi connectivity index (χ0v) is 15.7. The Kier molecular flexibility index (Phi) is 6.67. The fourth-order valence-electron chi connectivity index (χ4n) is 1.97. The fourth-order valence-corrected chi connectivity index (χ4v) is 3.32. The maximum absolute atomic E-state index is 12.3. The molecule has 1 aliphatic rings. The molecule has 2 amide bonds. The van der Waals surface area contributed by atoms with Crippen molar-refractivity contribution in [1.82, 2.24) is 4.90 Å². The maximum Gasteiger partial charge on any atom is 0.326 e. The summed E-state index contributed by atoms with van der Waals surface area (Å²) < 4.78 is 10.8. The van der Waals surface area contributed by atoms with Crippen LogP contribution in [0.5, 0.6) is 5.75 Å². The average molecular weight is 424 g/mol. The molecule has 1 aliphatic heterocycles. The Balaban J connectivity index is 2.15. The molecule has 0 aliphatic carbocycles. The lowest BCUT2D eigenvalue weighted by atomic mass is 10.2. The minimum absolute atomic E-state index is 0.144. The highest BCUT2D eigenvalue weighted by Crippen LogP contribution is 2.33. The van der Waals surface area contributed by atoms with Gasteiger partial charge in [-0.3, -0.25) is 19.3 Å². The van der Waals surface area contributed by atoms with Gasteiger partial charge in [0.25, 0.3) is 11.1 Å². The van der Waals surface area contributed by atoms with Gasteiger partial charge in [0, 0.05) is 0 Å².